The zero-order chi connectivity index (χ0) is 35.1. The van der Waals surface area contributed by atoms with Crippen molar-refractivity contribution in [3.05, 3.63) is 89.7 Å². The van der Waals surface area contributed by atoms with Gasteiger partial charge in [0.05, 0.1) is 17.0 Å². The van der Waals surface area contributed by atoms with Crippen molar-refractivity contribution >= 4 is 40.1 Å². The summed E-state index contributed by atoms with van der Waals surface area (Å²) >= 11 is 0. The van der Waals surface area contributed by atoms with Crippen molar-refractivity contribution in [2.24, 2.45) is 11.3 Å². The van der Waals surface area contributed by atoms with Gasteiger partial charge in [0.2, 0.25) is 5.91 Å². The highest BCUT2D eigenvalue weighted by Crippen LogP contribution is 2.54. The van der Waals surface area contributed by atoms with E-state index < -0.39 is 40.6 Å². The zero-order valence-electron chi connectivity index (χ0n) is 28.2. The Morgan fingerprint density at radius 1 is 0.939 bits per heavy atom. The van der Waals surface area contributed by atoms with Gasteiger partial charge in [-0.05, 0) is 85.5 Å². The van der Waals surface area contributed by atoms with Gasteiger partial charge in [0.15, 0.2) is 5.82 Å². The molecule has 2 aliphatic rings. The molecule has 0 spiro atoms. The minimum Gasteiger partial charge on any atom is -0.465 e. The molecule has 4 aromatic rings. The number of pyridine rings is 2. The van der Waals surface area contributed by atoms with Gasteiger partial charge in [0.25, 0.3) is 0 Å². The predicted octanol–water partition coefficient (Wildman–Crippen LogP) is 9.31. The van der Waals surface area contributed by atoms with Gasteiger partial charge in [0.1, 0.15) is 5.52 Å². The second-order valence-corrected chi connectivity index (χ2v) is 14.2. The first kappa shape index (κ1) is 34.2. The van der Waals surface area contributed by atoms with Crippen LogP contribution in [0.15, 0.2) is 73.1 Å². The standard InChI is InChI=1S/C38H42F3N5O3/c1-24-13-16-27(23-31(24)38(39,40)41)44-34(47)30-12-8-22-45(35(48)49)37(30,36(2,3)4)26-14-17-29(18-15-26)46(28-10-5-6-11-28)33-32-25(19-21-43-33)9-7-20-42-32/h7,9,13-21,23,28,30H,5-6,8,10-12,22H2,1-4H3,(H,44,47)(H,48,49)/t30-,37+/m0/s1. The number of likely N-dealkylation sites (tertiary alicyclic amines) is 1. The number of carboxylic acid groups (broad SMARTS) is 1. The number of piperidine rings is 1. The number of amides is 2. The molecule has 2 amide bonds. The molecule has 8 nitrogen and oxygen atoms in total. The third kappa shape index (κ3) is 6.19. The molecule has 1 aliphatic heterocycles. The summed E-state index contributed by atoms with van der Waals surface area (Å²) in [5.74, 6) is -0.670. The number of carbonyl (C=O) groups is 2. The van der Waals surface area contributed by atoms with Crippen LogP contribution in [-0.4, -0.2) is 44.6 Å². The van der Waals surface area contributed by atoms with Crippen LogP contribution in [0.5, 0.6) is 0 Å². The number of benzene rings is 2. The molecule has 0 radical (unpaired) electrons. The summed E-state index contributed by atoms with van der Waals surface area (Å²) in [5, 5.41) is 14.3. The number of halogens is 3. The van der Waals surface area contributed by atoms with Crippen LogP contribution in [0.4, 0.5) is 35.2 Å². The summed E-state index contributed by atoms with van der Waals surface area (Å²) in [5.41, 5.74) is -0.604. The molecule has 11 heteroatoms. The van der Waals surface area contributed by atoms with Crippen LogP contribution >= 0.6 is 0 Å². The molecule has 49 heavy (non-hydrogen) atoms. The number of aromatic nitrogens is 2. The van der Waals surface area contributed by atoms with Crippen LogP contribution in [0, 0.1) is 18.3 Å². The third-order valence-electron chi connectivity index (χ3n) is 10.3. The highest BCUT2D eigenvalue weighted by molar-refractivity contribution is 5.95. The Hall–Kier alpha value is -4.67. The summed E-state index contributed by atoms with van der Waals surface area (Å²) in [6, 6.07) is 17.5. The lowest BCUT2D eigenvalue weighted by Crippen LogP contribution is -2.65. The molecular weight excluding hydrogens is 631 g/mol. The number of hydrogen-bond acceptors (Lipinski definition) is 5. The first-order valence-electron chi connectivity index (χ1n) is 16.8. The van der Waals surface area contributed by atoms with E-state index in [1.165, 1.54) is 24.0 Å². The lowest BCUT2D eigenvalue weighted by molar-refractivity contribution is -0.138. The molecule has 0 bridgehead atoms. The van der Waals surface area contributed by atoms with Crippen molar-refractivity contribution in [1.29, 1.82) is 0 Å². The maximum atomic E-state index is 14.2. The van der Waals surface area contributed by atoms with E-state index >= 15 is 0 Å². The number of alkyl halides is 3. The Bertz CT molecular complexity index is 1850. The van der Waals surface area contributed by atoms with Gasteiger partial charge < -0.3 is 15.3 Å². The number of rotatable bonds is 6. The van der Waals surface area contributed by atoms with Crippen molar-refractivity contribution in [3.63, 3.8) is 0 Å². The molecule has 6 rings (SSSR count). The second-order valence-electron chi connectivity index (χ2n) is 14.2. The van der Waals surface area contributed by atoms with Crippen molar-refractivity contribution in [3.8, 4) is 0 Å². The van der Waals surface area contributed by atoms with E-state index in [2.05, 4.69) is 15.2 Å². The van der Waals surface area contributed by atoms with Gasteiger partial charge in [-0.1, -0.05) is 57.9 Å². The van der Waals surface area contributed by atoms with Gasteiger partial charge in [0, 0.05) is 41.7 Å². The summed E-state index contributed by atoms with van der Waals surface area (Å²) < 4.78 is 41.2. The van der Waals surface area contributed by atoms with E-state index in [4.69, 9.17) is 4.98 Å². The summed E-state index contributed by atoms with van der Waals surface area (Å²) in [4.78, 5) is 40.3. The first-order chi connectivity index (χ1) is 23.2. The average Bonchev–Trinajstić information content (AvgIpc) is 3.59. The number of fused-ring (bicyclic) bond motifs is 1. The van der Waals surface area contributed by atoms with Crippen LogP contribution in [0.1, 0.15) is 76.0 Å². The maximum Gasteiger partial charge on any atom is 0.416 e. The van der Waals surface area contributed by atoms with Gasteiger partial charge in [-0.15, -0.1) is 0 Å². The van der Waals surface area contributed by atoms with Crippen molar-refractivity contribution in [2.45, 2.75) is 84.0 Å². The molecule has 258 valence electrons. The topological polar surface area (TPSA) is 98.7 Å². The molecule has 1 saturated heterocycles. The lowest BCUT2D eigenvalue weighted by atomic mass is 9.58. The Kier molecular flexibility index (Phi) is 9.06. The highest BCUT2D eigenvalue weighted by Gasteiger charge is 2.59. The number of carbonyl (C=O) groups excluding carboxylic acids is 1. The fraction of sp³-hybridized carbons (Fsp3) is 0.421. The van der Waals surface area contributed by atoms with Gasteiger partial charge >= 0.3 is 12.3 Å². The quantitative estimate of drug-likeness (QED) is 0.212. The minimum absolute atomic E-state index is 0.0110. The van der Waals surface area contributed by atoms with E-state index in [1.807, 2.05) is 63.2 Å². The molecule has 2 aromatic carbocycles. The van der Waals surface area contributed by atoms with Crippen molar-refractivity contribution < 1.29 is 27.9 Å². The van der Waals surface area contributed by atoms with Crippen LogP contribution in [0.25, 0.3) is 10.9 Å². The van der Waals surface area contributed by atoms with Gasteiger partial charge in [-0.2, -0.15) is 13.2 Å². The molecule has 3 heterocycles. The van der Waals surface area contributed by atoms with Crippen LogP contribution in [0.2, 0.25) is 0 Å². The monoisotopic (exact) mass is 673 g/mol. The van der Waals surface area contributed by atoms with E-state index in [1.54, 1.807) is 12.4 Å². The lowest BCUT2D eigenvalue weighted by Gasteiger charge is -2.57. The maximum absolute atomic E-state index is 14.2. The SMILES string of the molecule is Cc1ccc(NC(=O)[C@@H]2CCCN(C(=O)O)[C@@]2(c2ccc(N(c3nccc4cccnc34)C3CCCC3)cc2)C(C)(C)C)cc1C(F)(F)F. The molecule has 0 unspecified atom stereocenters. The normalized spacial score (nSPS) is 20.4. The Labute approximate surface area is 284 Å². The number of aryl methyl sites for hydroxylation is 1. The number of nitrogens with zero attached hydrogens (tertiary/aromatic N) is 4. The summed E-state index contributed by atoms with van der Waals surface area (Å²) in [6.07, 6.45) is 2.74. The molecule has 2 aromatic heterocycles. The van der Waals surface area contributed by atoms with E-state index in [9.17, 15) is 27.9 Å². The molecular formula is C38H42F3N5O3. The zero-order valence-corrected chi connectivity index (χ0v) is 28.2. The third-order valence-corrected chi connectivity index (χ3v) is 10.3. The van der Waals surface area contributed by atoms with E-state index in [0.717, 1.165) is 54.2 Å². The van der Waals surface area contributed by atoms with Gasteiger partial charge in [-0.3, -0.25) is 14.7 Å². The van der Waals surface area contributed by atoms with Crippen molar-refractivity contribution in [2.75, 3.05) is 16.8 Å². The van der Waals surface area contributed by atoms with E-state index in [0.29, 0.717) is 18.4 Å². The second kappa shape index (κ2) is 13.0. The van der Waals surface area contributed by atoms with Crippen LogP contribution in [0.3, 0.4) is 0 Å². The number of anilines is 3. The smallest absolute Gasteiger partial charge is 0.416 e. The molecule has 2 N–H and O–H groups in total. The molecule has 1 saturated carbocycles. The molecule has 2 atom stereocenters. The summed E-state index contributed by atoms with van der Waals surface area (Å²) in [7, 11) is 0. The fourth-order valence-corrected chi connectivity index (χ4v) is 8.26. The Balaban J connectivity index is 1.45. The Morgan fingerprint density at radius 2 is 1.65 bits per heavy atom. The Morgan fingerprint density at radius 3 is 2.31 bits per heavy atom. The van der Waals surface area contributed by atoms with Gasteiger partial charge in [-0.25, -0.2) is 9.78 Å². The molecule has 1 aliphatic carbocycles. The largest absolute Gasteiger partial charge is 0.465 e. The predicted molar refractivity (Wildman–Crippen MR) is 184 cm³/mol. The van der Waals surface area contributed by atoms with Crippen LogP contribution < -0.4 is 10.2 Å². The first-order valence-corrected chi connectivity index (χ1v) is 16.8. The van der Waals surface area contributed by atoms with E-state index in [-0.39, 0.29) is 23.8 Å². The molecule has 2 fully saturated rings. The van der Waals surface area contributed by atoms with Crippen LogP contribution in [-0.2, 0) is 16.5 Å². The summed E-state index contributed by atoms with van der Waals surface area (Å²) in [6.45, 7) is 7.31. The number of nitrogens with one attached hydrogen (secondary N) is 1. The van der Waals surface area contributed by atoms with Crippen molar-refractivity contribution in [1.82, 2.24) is 14.9 Å². The highest BCUT2D eigenvalue weighted by atomic mass is 19.4. The fourth-order valence-electron chi connectivity index (χ4n) is 8.26. The minimum atomic E-state index is -4.59. The number of hydrogen-bond donors (Lipinski definition) is 2. The average molecular weight is 674 g/mol.